The average molecular weight is 350 g/mol. The summed E-state index contributed by atoms with van der Waals surface area (Å²) in [6.45, 7) is 1.27. The van der Waals surface area contributed by atoms with Gasteiger partial charge in [-0.25, -0.2) is 19.6 Å². The number of hydrogen-bond donors (Lipinski definition) is 1. The number of aromatic carboxylic acids is 1. The highest BCUT2D eigenvalue weighted by Gasteiger charge is 2.17. The van der Waals surface area contributed by atoms with Gasteiger partial charge < -0.3 is 9.84 Å². The van der Waals surface area contributed by atoms with Crippen molar-refractivity contribution in [3.63, 3.8) is 0 Å². The number of carbonyl (C=O) groups excluding carboxylic acids is 2. The van der Waals surface area contributed by atoms with Crippen LogP contribution in [0, 0.1) is 0 Å². The highest BCUT2D eigenvalue weighted by molar-refractivity contribution is 6.20. The van der Waals surface area contributed by atoms with Gasteiger partial charge in [0, 0.05) is 5.56 Å². The Morgan fingerprint density at radius 2 is 1.62 bits per heavy atom. The molecule has 0 unspecified atom stereocenters. The molecule has 0 atom stereocenters. The second-order valence-electron chi connectivity index (χ2n) is 5.52. The average Bonchev–Trinajstić information content (AvgIpc) is 2.63. The summed E-state index contributed by atoms with van der Waals surface area (Å²) in [7, 11) is 1.20. The number of para-hydroxylation sites is 2. The van der Waals surface area contributed by atoms with Crippen molar-refractivity contribution in [2.24, 2.45) is 0 Å². The van der Waals surface area contributed by atoms with Gasteiger partial charge in [-0.15, -0.1) is 0 Å². The molecule has 1 N–H and O–H groups in total. The molecule has 1 aromatic heterocycles. The molecule has 0 spiro atoms. The quantitative estimate of drug-likeness (QED) is 0.253. The van der Waals surface area contributed by atoms with Gasteiger partial charge in [-0.3, -0.25) is 4.79 Å². The zero-order chi connectivity index (χ0) is 18.8. The lowest BCUT2D eigenvalue weighted by molar-refractivity contribution is -0.137. The maximum Gasteiger partial charge on any atom is 0.341 e. The minimum Gasteiger partial charge on any atom is -0.478 e. The van der Waals surface area contributed by atoms with E-state index in [4.69, 9.17) is 0 Å². The van der Waals surface area contributed by atoms with Crippen molar-refractivity contribution < 1.29 is 24.2 Å². The zero-order valence-corrected chi connectivity index (χ0v) is 14.0. The predicted molar refractivity (Wildman–Crippen MR) is 94.7 cm³/mol. The van der Waals surface area contributed by atoms with E-state index in [0.717, 1.165) is 0 Å². The molecule has 3 rings (SSSR count). The van der Waals surface area contributed by atoms with E-state index in [1.54, 1.807) is 30.3 Å². The standard InChI is InChI=1S/C19H14N2O5/c1-10(22)13(19(25)26-2)9-11-5-3-7-14-16(11)20-15-8-4-6-12(18(23)24)17(15)21-14/h3-9H,1-2H3,(H,23,24)/b13-9-. The first kappa shape index (κ1) is 17.2. The summed E-state index contributed by atoms with van der Waals surface area (Å²) in [6, 6.07) is 9.76. The lowest BCUT2D eigenvalue weighted by atomic mass is 10.1. The number of nitrogens with zero attached hydrogens (tertiary/aromatic N) is 2. The fraction of sp³-hybridized carbons (Fsp3) is 0.105. The van der Waals surface area contributed by atoms with Crippen molar-refractivity contribution in [3.05, 3.63) is 53.1 Å². The van der Waals surface area contributed by atoms with Crippen LogP contribution < -0.4 is 0 Å². The van der Waals surface area contributed by atoms with Crippen LogP contribution in [0.1, 0.15) is 22.8 Å². The molecule has 1 heterocycles. The van der Waals surface area contributed by atoms with Crippen LogP contribution >= 0.6 is 0 Å². The SMILES string of the molecule is COC(=O)/C(=C\c1cccc2nc3c(C(=O)O)cccc3nc12)C(C)=O. The molecule has 0 bridgehead atoms. The Hall–Kier alpha value is -3.61. The lowest BCUT2D eigenvalue weighted by Crippen LogP contribution is -2.11. The van der Waals surface area contributed by atoms with Gasteiger partial charge in [-0.1, -0.05) is 18.2 Å². The van der Waals surface area contributed by atoms with Gasteiger partial charge in [-0.05, 0) is 31.2 Å². The molecule has 7 heteroatoms. The molecule has 26 heavy (non-hydrogen) atoms. The first-order chi connectivity index (χ1) is 12.4. The minimum atomic E-state index is -1.09. The number of carboxylic acid groups (broad SMARTS) is 1. The number of benzene rings is 2. The minimum absolute atomic E-state index is 0.0526. The molecule has 7 nitrogen and oxygen atoms in total. The van der Waals surface area contributed by atoms with Gasteiger partial charge in [0.15, 0.2) is 5.78 Å². The molecule has 0 saturated heterocycles. The van der Waals surface area contributed by atoms with E-state index in [2.05, 4.69) is 14.7 Å². The molecule has 0 aliphatic carbocycles. The van der Waals surface area contributed by atoms with Crippen LogP contribution in [-0.2, 0) is 14.3 Å². The van der Waals surface area contributed by atoms with Crippen molar-refractivity contribution >= 4 is 45.9 Å². The second-order valence-corrected chi connectivity index (χ2v) is 5.52. The third-order valence-electron chi connectivity index (χ3n) is 3.84. The molecule has 3 aromatic rings. The first-order valence-corrected chi connectivity index (χ1v) is 7.66. The summed E-state index contributed by atoms with van der Waals surface area (Å²) >= 11 is 0. The topological polar surface area (TPSA) is 106 Å². The predicted octanol–water partition coefficient (Wildman–Crippen LogP) is 2.63. The van der Waals surface area contributed by atoms with Crippen LogP contribution in [0.2, 0.25) is 0 Å². The van der Waals surface area contributed by atoms with Crippen LogP contribution in [0.25, 0.3) is 28.1 Å². The third-order valence-corrected chi connectivity index (χ3v) is 3.84. The molecule has 130 valence electrons. The molecular weight excluding hydrogens is 336 g/mol. The van der Waals surface area contributed by atoms with E-state index in [-0.39, 0.29) is 16.7 Å². The summed E-state index contributed by atoms with van der Waals surface area (Å²) < 4.78 is 4.64. The number of esters is 1. The lowest BCUT2D eigenvalue weighted by Gasteiger charge is -2.07. The van der Waals surface area contributed by atoms with Crippen LogP contribution in [0.15, 0.2) is 42.0 Å². The molecule has 2 aromatic carbocycles. The highest BCUT2D eigenvalue weighted by atomic mass is 16.5. The van der Waals surface area contributed by atoms with Crippen molar-refractivity contribution in [3.8, 4) is 0 Å². The zero-order valence-electron chi connectivity index (χ0n) is 14.0. The molecule has 0 fully saturated rings. The number of fused-ring (bicyclic) bond motifs is 2. The number of carboxylic acids is 1. The Balaban J connectivity index is 2.30. The highest BCUT2D eigenvalue weighted by Crippen LogP contribution is 2.23. The third kappa shape index (κ3) is 3.02. The Morgan fingerprint density at radius 3 is 2.23 bits per heavy atom. The van der Waals surface area contributed by atoms with Crippen LogP contribution in [0.5, 0.6) is 0 Å². The Kier molecular flexibility index (Phi) is 4.45. The fourth-order valence-corrected chi connectivity index (χ4v) is 2.60. The molecule has 0 radical (unpaired) electrons. The maximum atomic E-state index is 11.8. The summed E-state index contributed by atoms with van der Waals surface area (Å²) in [6.07, 6.45) is 1.40. The van der Waals surface area contributed by atoms with E-state index < -0.39 is 17.7 Å². The second kappa shape index (κ2) is 6.72. The normalized spacial score (nSPS) is 11.5. The van der Waals surface area contributed by atoms with Crippen molar-refractivity contribution in [1.29, 1.82) is 0 Å². The van der Waals surface area contributed by atoms with Crippen molar-refractivity contribution in [2.45, 2.75) is 6.92 Å². The van der Waals surface area contributed by atoms with Crippen molar-refractivity contribution in [2.75, 3.05) is 7.11 Å². The fourth-order valence-electron chi connectivity index (χ4n) is 2.60. The number of Topliss-reactive ketones (excluding diaryl/α,β-unsaturated/α-hetero) is 1. The van der Waals surface area contributed by atoms with Crippen LogP contribution in [0.3, 0.4) is 0 Å². The summed E-state index contributed by atoms with van der Waals surface area (Å²) in [5.74, 6) is -2.27. The Morgan fingerprint density at radius 1 is 1.00 bits per heavy atom. The summed E-state index contributed by atoms with van der Waals surface area (Å²) in [5.41, 5.74) is 2.03. The van der Waals surface area contributed by atoms with Gasteiger partial charge in [0.25, 0.3) is 0 Å². The number of carbonyl (C=O) groups is 3. The van der Waals surface area contributed by atoms with Crippen LogP contribution in [-0.4, -0.2) is 39.9 Å². The largest absolute Gasteiger partial charge is 0.478 e. The van der Waals surface area contributed by atoms with Gasteiger partial charge in [-0.2, -0.15) is 0 Å². The molecular formula is C19H14N2O5. The van der Waals surface area contributed by atoms with E-state index in [1.165, 1.54) is 26.2 Å². The smallest absolute Gasteiger partial charge is 0.341 e. The monoisotopic (exact) mass is 350 g/mol. The van der Waals surface area contributed by atoms with E-state index in [0.29, 0.717) is 22.1 Å². The van der Waals surface area contributed by atoms with Gasteiger partial charge in [0.1, 0.15) is 11.1 Å². The van der Waals surface area contributed by atoms with E-state index in [9.17, 15) is 19.5 Å². The molecule has 0 saturated carbocycles. The first-order valence-electron chi connectivity index (χ1n) is 7.66. The number of rotatable bonds is 4. The summed E-state index contributed by atoms with van der Waals surface area (Å²) in [5, 5.41) is 9.31. The number of aromatic nitrogens is 2. The van der Waals surface area contributed by atoms with Gasteiger partial charge in [0.05, 0.1) is 29.2 Å². The number of ether oxygens (including phenoxy) is 1. The van der Waals surface area contributed by atoms with Gasteiger partial charge >= 0.3 is 11.9 Å². The van der Waals surface area contributed by atoms with E-state index >= 15 is 0 Å². The number of ketones is 1. The number of methoxy groups -OCH3 is 1. The molecule has 0 amide bonds. The van der Waals surface area contributed by atoms with E-state index in [1.807, 2.05) is 0 Å². The Bertz CT molecular complexity index is 1100. The van der Waals surface area contributed by atoms with Crippen molar-refractivity contribution in [1.82, 2.24) is 9.97 Å². The van der Waals surface area contributed by atoms with Gasteiger partial charge in [0.2, 0.25) is 0 Å². The molecule has 0 aliphatic heterocycles. The Labute approximate surface area is 147 Å². The maximum absolute atomic E-state index is 11.8. The number of hydrogen-bond acceptors (Lipinski definition) is 6. The molecule has 0 aliphatic rings. The summed E-state index contributed by atoms with van der Waals surface area (Å²) in [4.78, 5) is 43.8. The van der Waals surface area contributed by atoms with Crippen LogP contribution in [0.4, 0.5) is 0 Å².